The van der Waals surface area contributed by atoms with Crippen LogP contribution in [-0.2, 0) is 13.0 Å². The molecular formula is C22H25N3. The summed E-state index contributed by atoms with van der Waals surface area (Å²) in [6.45, 7) is 8.65. The summed E-state index contributed by atoms with van der Waals surface area (Å²) in [4.78, 5) is 6.72. The number of likely N-dealkylation sites (N-methyl/N-ethyl adjacent to an activating group) is 1. The van der Waals surface area contributed by atoms with Gasteiger partial charge in [-0.3, -0.25) is 4.98 Å². The van der Waals surface area contributed by atoms with Gasteiger partial charge in [0.15, 0.2) is 0 Å². The van der Waals surface area contributed by atoms with Gasteiger partial charge in [-0.25, -0.2) is 0 Å². The van der Waals surface area contributed by atoms with Crippen molar-refractivity contribution in [2.45, 2.75) is 33.7 Å². The van der Waals surface area contributed by atoms with Crippen molar-refractivity contribution in [3.63, 3.8) is 0 Å². The molecule has 4 rings (SSSR count). The number of hydrogen-bond acceptors (Lipinski definition) is 2. The summed E-state index contributed by atoms with van der Waals surface area (Å²) in [5.74, 6) is 0. The maximum absolute atomic E-state index is 4.31. The molecular weight excluding hydrogens is 306 g/mol. The van der Waals surface area contributed by atoms with Crippen LogP contribution >= 0.6 is 0 Å². The first-order valence-electron chi connectivity index (χ1n) is 8.95. The first kappa shape index (κ1) is 16.1. The topological polar surface area (TPSA) is 21.1 Å². The highest BCUT2D eigenvalue weighted by Crippen LogP contribution is 2.32. The molecule has 0 bridgehead atoms. The highest BCUT2D eigenvalue weighted by molar-refractivity contribution is 5.90. The molecule has 3 nitrogen and oxygen atoms in total. The molecule has 1 aromatic carbocycles. The van der Waals surface area contributed by atoms with Crippen LogP contribution in [0.3, 0.4) is 0 Å². The smallest absolute Gasteiger partial charge is 0.0529 e. The van der Waals surface area contributed by atoms with Crippen molar-refractivity contribution >= 4 is 22.7 Å². The summed E-state index contributed by atoms with van der Waals surface area (Å²) in [5, 5.41) is 1.40. The lowest BCUT2D eigenvalue weighted by molar-refractivity contribution is 0.312. The minimum absolute atomic E-state index is 1.03. The van der Waals surface area contributed by atoms with Crippen molar-refractivity contribution in [1.82, 2.24) is 14.5 Å². The Morgan fingerprint density at radius 2 is 2.04 bits per heavy atom. The van der Waals surface area contributed by atoms with Gasteiger partial charge in [-0.1, -0.05) is 11.6 Å². The fourth-order valence-electron chi connectivity index (χ4n) is 3.93. The highest BCUT2D eigenvalue weighted by atomic mass is 15.1. The Labute approximate surface area is 149 Å². The van der Waals surface area contributed by atoms with Gasteiger partial charge in [-0.15, -0.1) is 0 Å². The minimum atomic E-state index is 1.03. The largest absolute Gasteiger partial charge is 0.320 e. The maximum Gasteiger partial charge on any atom is 0.0529 e. The molecule has 25 heavy (non-hydrogen) atoms. The average molecular weight is 331 g/mol. The molecule has 0 radical (unpaired) electrons. The van der Waals surface area contributed by atoms with Crippen molar-refractivity contribution in [2.24, 2.45) is 0 Å². The van der Waals surface area contributed by atoms with Crippen LogP contribution in [0.2, 0.25) is 0 Å². The van der Waals surface area contributed by atoms with E-state index >= 15 is 0 Å². The van der Waals surface area contributed by atoms with E-state index < -0.39 is 0 Å². The van der Waals surface area contributed by atoms with E-state index in [9.17, 15) is 0 Å². The molecule has 0 aliphatic carbocycles. The molecule has 0 N–H and O–H groups in total. The van der Waals surface area contributed by atoms with Crippen LogP contribution < -0.4 is 0 Å². The summed E-state index contributed by atoms with van der Waals surface area (Å²) in [7, 11) is 2.21. The van der Waals surface area contributed by atoms with Crippen LogP contribution in [0.5, 0.6) is 0 Å². The Kier molecular flexibility index (Phi) is 3.97. The summed E-state index contributed by atoms with van der Waals surface area (Å²) in [6, 6.07) is 8.89. The lowest BCUT2D eigenvalue weighted by atomic mass is 10.0. The third-order valence-electron chi connectivity index (χ3n) is 5.32. The van der Waals surface area contributed by atoms with Gasteiger partial charge in [-0.05, 0) is 62.7 Å². The quantitative estimate of drug-likeness (QED) is 0.681. The Balaban J connectivity index is 1.93. The molecule has 0 unspecified atom stereocenters. The van der Waals surface area contributed by atoms with Crippen LogP contribution in [0.25, 0.3) is 22.7 Å². The molecule has 128 valence electrons. The van der Waals surface area contributed by atoms with E-state index in [0.717, 1.165) is 19.5 Å². The van der Waals surface area contributed by atoms with Gasteiger partial charge < -0.3 is 9.47 Å². The molecule has 0 spiro atoms. The Morgan fingerprint density at radius 3 is 2.84 bits per heavy atom. The van der Waals surface area contributed by atoms with Gasteiger partial charge in [0.1, 0.15) is 0 Å². The van der Waals surface area contributed by atoms with Gasteiger partial charge in [0, 0.05) is 54.7 Å². The molecule has 3 aromatic rings. The minimum Gasteiger partial charge on any atom is -0.320 e. The normalized spacial score (nSPS) is 15.6. The Hall–Kier alpha value is -2.39. The van der Waals surface area contributed by atoms with E-state index in [2.05, 4.69) is 72.7 Å². The molecule has 1 aliphatic heterocycles. The highest BCUT2D eigenvalue weighted by Gasteiger charge is 2.21. The van der Waals surface area contributed by atoms with Crippen LogP contribution in [0.4, 0.5) is 0 Å². The Morgan fingerprint density at radius 1 is 1.20 bits per heavy atom. The van der Waals surface area contributed by atoms with Crippen molar-refractivity contribution in [1.29, 1.82) is 0 Å². The molecule has 0 amide bonds. The number of hydrogen-bond donors (Lipinski definition) is 0. The van der Waals surface area contributed by atoms with E-state index in [4.69, 9.17) is 0 Å². The summed E-state index contributed by atoms with van der Waals surface area (Å²) < 4.78 is 2.42. The molecule has 2 aromatic heterocycles. The standard InChI is InChI=1S/C22H25N3/c1-15-5-6-21-18(11-15)20-14-24(4)10-8-22(20)25(21)13-17(3)19-12-23-9-7-16(19)2/h5-7,9,11-13H,8,10,14H2,1-4H3. The van der Waals surface area contributed by atoms with Gasteiger partial charge in [-0.2, -0.15) is 0 Å². The van der Waals surface area contributed by atoms with Crippen LogP contribution in [0.15, 0.2) is 36.7 Å². The van der Waals surface area contributed by atoms with Crippen molar-refractivity contribution in [3.05, 3.63) is 64.6 Å². The van der Waals surface area contributed by atoms with Crippen molar-refractivity contribution in [3.8, 4) is 0 Å². The fraction of sp³-hybridized carbons (Fsp3) is 0.318. The number of benzene rings is 1. The number of aromatic nitrogens is 2. The lowest BCUT2D eigenvalue weighted by Crippen LogP contribution is -2.26. The van der Waals surface area contributed by atoms with Gasteiger partial charge in [0.05, 0.1) is 5.52 Å². The van der Waals surface area contributed by atoms with Crippen LogP contribution in [0.1, 0.15) is 34.9 Å². The average Bonchev–Trinajstić information content (AvgIpc) is 2.88. The molecule has 1 aliphatic rings. The molecule has 0 atom stereocenters. The van der Waals surface area contributed by atoms with E-state index in [1.54, 1.807) is 0 Å². The number of allylic oxidation sites excluding steroid dienone is 1. The van der Waals surface area contributed by atoms with Gasteiger partial charge >= 0.3 is 0 Å². The third-order valence-corrected chi connectivity index (χ3v) is 5.32. The van der Waals surface area contributed by atoms with Crippen molar-refractivity contribution < 1.29 is 0 Å². The molecule has 0 saturated heterocycles. The molecule has 3 heterocycles. The predicted octanol–water partition coefficient (Wildman–Crippen LogP) is 4.66. The monoisotopic (exact) mass is 331 g/mol. The predicted molar refractivity (Wildman–Crippen MR) is 106 cm³/mol. The van der Waals surface area contributed by atoms with Crippen LogP contribution in [-0.4, -0.2) is 28.0 Å². The zero-order valence-electron chi connectivity index (χ0n) is 15.5. The SMILES string of the molecule is CC(=Cn1c2c(c3cc(C)ccc31)CN(C)CC2)c1cnccc1C. The first-order chi connectivity index (χ1) is 12.0. The maximum atomic E-state index is 4.31. The number of rotatable bonds is 2. The van der Waals surface area contributed by atoms with Gasteiger partial charge in [0.25, 0.3) is 0 Å². The second kappa shape index (κ2) is 6.16. The van der Waals surface area contributed by atoms with Gasteiger partial charge in [0.2, 0.25) is 0 Å². The summed E-state index contributed by atoms with van der Waals surface area (Å²) >= 11 is 0. The van der Waals surface area contributed by atoms with E-state index in [-0.39, 0.29) is 0 Å². The van der Waals surface area contributed by atoms with E-state index in [1.165, 1.54) is 44.4 Å². The number of pyridine rings is 1. The van der Waals surface area contributed by atoms with E-state index in [0.29, 0.717) is 0 Å². The molecule has 0 saturated carbocycles. The second-order valence-corrected chi connectivity index (χ2v) is 7.31. The van der Waals surface area contributed by atoms with Crippen molar-refractivity contribution in [2.75, 3.05) is 13.6 Å². The number of fused-ring (bicyclic) bond motifs is 3. The third kappa shape index (κ3) is 2.79. The summed E-state index contributed by atoms with van der Waals surface area (Å²) in [5.41, 5.74) is 9.32. The molecule has 0 fully saturated rings. The number of aryl methyl sites for hydroxylation is 2. The zero-order valence-corrected chi connectivity index (χ0v) is 15.5. The zero-order chi connectivity index (χ0) is 17.6. The van der Waals surface area contributed by atoms with Crippen LogP contribution in [0, 0.1) is 13.8 Å². The summed E-state index contributed by atoms with van der Waals surface area (Å²) in [6.07, 6.45) is 7.22. The lowest BCUT2D eigenvalue weighted by Gasteiger charge is -2.23. The number of nitrogens with zero attached hydrogens (tertiary/aromatic N) is 3. The van der Waals surface area contributed by atoms with E-state index in [1.807, 2.05) is 12.4 Å². The second-order valence-electron chi connectivity index (χ2n) is 7.31. The Bertz CT molecular complexity index is 978. The first-order valence-corrected chi connectivity index (χ1v) is 8.95. The molecule has 3 heteroatoms. The fourth-order valence-corrected chi connectivity index (χ4v) is 3.93.